The summed E-state index contributed by atoms with van der Waals surface area (Å²) < 4.78 is 39.4. The second kappa shape index (κ2) is 7.38. The first-order chi connectivity index (χ1) is 15.4. The fraction of sp³-hybridized carbons (Fsp3) is 0.130. The fourth-order valence-electron chi connectivity index (χ4n) is 3.76. The van der Waals surface area contributed by atoms with Gasteiger partial charge in [-0.05, 0) is 37.3 Å². The number of benzene rings is 1. The van der Waals surface area contributed by atoms with Crippen LogP contribution >= 0.6 is 0 Å². The van der Waals surface area contributed by atoms with E-state index in [1.165, 1.54) is 18.2 Å². The van der Waals surface area contributed by atoms with Crippen molar-refractivity contribution in [1.29, 1.82) is 0 Å². The molecule has 9 heteroatoms. The van der Waals surface area contributed by atoms with Crippen molar-refractivity contribution >= 4 is 32.1 Å². The van der Waals surface area contributed by atoms with Gasteiger partial charge in [0.05, 0.1) is 30.3 Å². The molecule has 0 atom stereocenters. The van der Waals surface area contributed by atoms with Crippen molar-refractivity contribution in [2.24, 2.45) is 0 Å². The predicted molar refractivity (Wildman–Crippen MR) is 122 cm³/mol. The molecule has 0 unspecified atom stereocenters. The standard InChI is InChI=1S/C23H20N4O4S/c1-14-6-8-16(9-7-14)32(28,29)27-19(11-15-5-4-10-24-22(15)27)17-13-25-18-12-20(30-2)23(31-3)26-21(17)18/h4-13,25H,1-3H3. The van der Waals surface area contributed by atoms with E-state index in [9.17, 15) is 8.42 Å². The minimum atomic E-state index is -3.94. The highest BCUT2D eigenvalue weighted by molar-refractivity contribution is 7.90. The zero-order chi connectivity index (χ0) is 22.5. The number of fused-ring (bicyclic) bond motifs is 2. The lowest BCUT2D eigenvalue weighted by molar-refractivity contribution is 0.344. The van der Waals surface area contributed by atoms with E-state index in [1.807, 2.05) is 13.0 Å². The zero-order valence-electron chi connectivity index (χ0n) is 17.7. The summed E-state index contributed by atoms with van der Waals surface area (Å²) in [6.45, 7) is 1.91. The highest BCUT2D eigenvalue weighted by Crippen LogP contribution is 2.37. The number of nitrogens with one attached hydrogen (secondary N) is 1. The Balaban J connectivity index is 1.82. The first-order valence-electron chi connectivity index (χ1n) is 9.83. The number of nitrogens with zero attached hydrogens (tertiary/aromatic N) is 3. The van der Waals surface area contributed by atoms with E-state index in [0.29, 0.717) is 45.0 Å². The van der Waals surface area contributed by atoms with Crippen molar-refractivity contribution in [2.45, 2.75) is 11.8 Å². The molecule has 0 fully saturated rings. The maximum Gasteiger partial charge on any atom is 0.269 e. The summed E-state index contributed by atoms with van der Waals surface area (Å²) in [7, 11) is -0.896. The Labute approximate surface area is 184 Å². The molecule has 8 nitrogen and oxygen atoms in total. The number of rotatable bonds is 5. The van der Waals surface area contributed by atoms with Gasteiger partial charge in [-0.3, -0.25) is 0 Å². The van der Waals surface area contributed by atoms with Crippen LogP contribution in [0.3, 0.4) is 0 Å². The van der Waals surface area contributed by atoms with Crippen LogP contribution in [0.4, 0.5) is 0 Å². The predicted octanol–water partition coefficient (Wildman–Crippen LogP) is 4.14. The van der Waals surface area contributed by atoms with Gasteiger partial charge >= 0.3 is 0 Å². The number of hydrogen-bond donors (Lipinski definition) is 1. The molecule has 0 saturated heterocycles. The van der Waals surface area contributed by atoms with Gasteiger partial charge in [0.2, 0.25) is 0 Å². The van der Waals surface area contributed by atoms with Gasteiger partial charge < -0.3 is 14.5 Å². The summed E-state index contributed by atoms with van der Waals surface area (Å²) in [6, 6.07) is 13.9. The molecule has 32 heavy (non-hydrogen) atoms. The van der Waals surface area contributed by atoms with E-state index >= 15 is 0 Å². The smallest absolute Gasteiger partial charge is 0.269 e. The number of pyridine rings is 2. The molecule has 0 amide bonds. The SMILES string of the molecule is COc1cc2[nH]cc(-c3cc4cccnc4n3S(=O)(=O)c3ccc(C)cc3)c2nc1OC. The normalized spacial score (nSPS) is 11.8. The number of aryl methyl sites for hydroxylation is 1. The van der Waals surface area contributed by atoms with Crippen LogP contribution in [0.1, 0.15) is 5.56 Å². The Morgan fingerprint density at radius 2 is 1.81 bits per heavy atom. The molecule has 1 aromatic carbocycles. The number of aromatic nitrogens is 4. The summed E-state index contributed by atoms with van der Waals surface area (Å²) in [5.74, 6) is 0.783. The third-order valence-corrected chi connectivity index (χ3v) is 7.07. The van der Waals surface area contributed by atoms with E-state index in [2.05, 4.69) is 15.0 Å². The fourth-order valence-corrected chi connectivity index (χ4v) is 5.24. The van der Waals surface area contributed by atoms with Gasteiger partial charge in [-0.15, -0.1) is 0 Å². The van der Waals surface area contributed by atoms with Crippen molar-refractivity contribution in [1.82, 2.24) is 18.9 Å². The maximum absolute atomic E-state index is 13.7. The Morgan fingerprint density at radius 1 is 1.03 bits per heavy atom. The molecule has 4 heterocycles. The average Bonchev–Trinajstić information content (AvgIpc) is 3.39. The van der Waals surface area contributed by atoms with Gasteiger partial charge in [0.1, 0.15) is 5.52 Å². The zero-order valence-corrected chi connectivity index (χ0v) is 18.5. The van der Waals surface area contributed by atoms with Gasteiger partial charge in [-0.25, -0.2) is 22.4 Å². The highest BCUT2D eigenvalue weighted by atomic mass is 32.2. The maximum atomic E-state index is 13.7. The van der Waals surface area contributed by atoms with Gasteiger partial charge in [0, 0.05) is 29.4 Å². The van der Waals surface area contributed by atoms with Crippen LogP contribution in [0, 0.1) is 6.92 Å². The van der Waals surface area contributed by atoms with Crippen LogP contribution in [0.5, 0.6) is 11.6 Å². The van der Waals surface area contributed by atoms with Crippen molar-refractivity contribution in [3.8, 4) is 22.9 Å². The van der Waals surface area contributed by atoms with Crippen LogP contribution in [0.2, 0.25) is 0 Å². The summed E-state index contributed by atoms with van der Waals surface area (Å²) >= 11 is 0. The third kappa shape index (κ3) is 3.01. The number of aromatic amines is 1. The van der Waals surface area contributed by atoms with Crippen molar-refractivity contribution < 1.29 is 17.9 Å². The Kier molecular flexibility index (Phi) is 4.63. The van der Waals surface area contributed by atoms with Crippen LogP contribution in [-0.2, 0) is 10.0 Å². The molecule has 0 saturated carbocycles. The molecule has 0 aliphatic carbocycles. The van der Waals surface area contributed by atoms with E-state index in [0.717, 1.165) is 5.56 Å². The highest BCUT2D eigenvalue weighted by Gasteiger charge is 2.26. The second-order valence-corrected chi connectivity index (χ2v) is 9.11. The Morgan fingerprint density at radius 3 is 2.53 bits per heavy atom. The Hall–Kier alpha value is -3.85. The number of ether oxygens (including phenoxy) is 2. The largest absolute Gasteiger partial charge is 0.491 e. The topological polar surface area (TPSA) is 99.1 Å². The Bertz CT molecular complexity index is 1570. The summed E-state index contributed by atoms with van der Waals surface area (Å²) in [4.78, 5) is 12.3. The van der Waals surface area contributed by atoms with E-state index in [1.54, 1.807) is 54.9 Å². The molecule has 162 valence electrons. The molecule has 0 bridgehead atoms. The molecular formula is C23H20N4O4S. The molecule has 5 rings (SSSR count). The second-order valence-electron chi connectivity index (χ2n) is 7.33. The molecule has 4 aromatic heterocycles. The molecule has 0 aliphatic heterocycles. The van der Waals surface area contributed by atoms with Gasteiger partial charge in [0.15, 0.2) is 11.4 Å². The van der Waals surface area contributed by atoms with Crippen molar-refractivity contribution in [2.75, 3.05) is 14.2 Å². The minimum absolute atomic E-state index is 0.180. The molecule has 0 radical (unpaired) electrons. The molecular weight excluding hydrogens is 428 g/mol. The molecule has 0 aliphatic rings. The van der Waals surface area contributed by atoms with Crippen LogP contribution in [0.25, 0.3) is 33.3 Å². The van der Waals surface area contributed by atoms with Gasteiger partial charge in [-0.1, -0.05) is 17.7 Å². The molecule has 0 spiro atoms. The first kappa shape index (κ1) is 20.1. The van der Waals surface area contributed by atoms with E-state index < -0.39 is 10.0 Å². The number of methoxy groups -OCH3 is 2. The summed E-state index contributed by atoms with van der Waals surface area (Å²) in [5, 5.41) is 0.702. The van der Waals surface area contributed by atoms with Crippen molar-refractivity contribution in [3.05, 3.63) is 66.5 Å². The molecule has 1 N–H and O–H groups in total. The van der Waals surface area contributed by atoms with Crippen molar-refractivity contribution in [3.63, 3.8) is 0 Å². The number of H-pyrrole nitrogens is 1. The monoisotopic (exact) mass is 448 g/mol. The van der Waals surface area contributed by atoms with Crippen LogP contribution < -0.4 is 9.47 Å². The lowest BCUT2D eigenvalue weighted by Gasteiger charge is -2.12. The quantitative estimate of drug-likeness (QED) is 0.434. The molecule has 5 aromatic rings. The lowest BCUT2D eigenvalue weighted by atomic mass is 10.2. The lowest BCUT2D eigenvalue weighted by Crippen LogP contribution is -2.14. The van der Waals surface area contributed by atoms with Crippen LogP contribution in [-0.4, -0.2) is 41.6 Å². The summed E-state index contributed by atoms with van der Waals surface area (Å²) in [6.07, 6.45) is 3.31. The minimum Gasteiger partial charge on any atom is -0.491 e. The third-order valence-electron chi connectivity index (χ3n) is 5.35. The van der Waals surface area contributed by atoms with E-state index in [-0.39, 0.29) is 4.90 Å². The van der Waals surface area contributed by atoms with E-state index in [4.69, 9.17) is 9.47 Å². The first-order valence-corrected chi connectivity index (χ1v) is 11.3. The van der Waals surface area contributed by atoms with Crippen LogP contribution in [0.15, 0.2) is 65.8 Å². The average molecular weight is 449 g/mol. The van der Waals surface area contributed by atoms with Gasteiger partial charge in [0.25, 0.3) is 15.9 Å². The number of hydrogen-bond acceptors (Lipinski definition) is 6. The summed E-state index contributed by atoms with van der Waals surface area (Å²) in [5.41, 5.74) is 3.63. The van der Waals surface area contributed by atoms with Gasteiger partial charge in [-0.2, -0.15) is 0 Å².